The van der Waals surface area contributed by atoms with Gasteiger partial charge < -0.3 is 4.74 Å². The van der Waals surface area contributed by atoms with Crippen molar-refractivity contribution in [2.75, 3.05) is 19.1 Å². The summed E-state index contributed by atoms with van der Waals surface area (Å²) in [7, 11) is 1.56. The van der Waals surface area contributed by atoms with Crippen LogP contribution >= 0.6 is 0 Å². The maximum atomic E-state index is 12.7. The second-order valence-corrected chi connectivity index (χ2v) is 7.27. The molecule has 29 heavy (non-hydrogen) atoms. The third-order valence-electron chi connectivity index (χ3n) is 5.20. The van der Waals surface area contributed by atoms with Gasteiger partial charge in [0, 0.05) is 6.07 Å². The highest BCUT2D eigenvalue weighted by atomic mass is 16.5. The van der Waals surface area contributed by atoms with Crippen LogP contribution in [-0.4, -0.2) is 51.4 Å². The molecule has 1 saturated carbocycles. The molecule has 1 atom stereocenters. The van der Waals surface area contributed by atoms with E-state index in [0.717, 1.165) is 25.7 Å². The quantitative estimate of drug-likeness (QED) is 0.329. The first-order valence-corrected chi connectivity index (χ1v) is 9.74. The second-order valence-electron chi connectivity index (χ2n) is 7.27. The molecule has 1 heterocycles. The molecule has 156 valence electrons. The number of ether oxygens (including phenoxy) is 1. The van der Waals surface area contributed by atoms with Crippen molar-refractivity contribution in [2.45, 2.75) is 38.5 Å². The number of carbonyl (C=O) groups is 2. The zero-order valence-corrected chi connectivity index (χ0v) is 16.4. The van der Waals surface area contributed by atoms with Crippen molar-refractivity contribution < 1.29 is 19.5 Å². The summed E-state index contributed by atoms with van der Waals surface area (Å²) in [5, 5.41) is 18.1. The average molecular weight is 402 g/mol. The van der Waals surface area contributed by atoms with Gasteiger partial charge in [-0.15, -0.1) is 10.2 Å². The van der Waals surface area contributed by atoms with Crippen LogP contribution in [0.1, 0.15) is 38.5 Å². The smallest absolute Gasteiger partial charge is 0.262 e. The fourth-order valence-corrected chi connectivity index (χ4v) is 3.67. The lowest BCUT2D eigenvalue weighted by atomic mass is 9.82. The van der Waals surface area contributed by atoms with E-state index in [2.05, 4.69) is 26.0 Å². The topological polar surface area (TPSA) is 130 Å². The van der Waals surface area contributed by atoms with Crippen LogP contribution < -0.4 is 15.6 Å². The van der Waals surface area contributed by atoms with Crippen molar-refractivity contribution in [1.29, 1.82) is 0 Å². The van der Waals surface area contributed by atoms with Gasteiger partial charge in [-0.05, 0) is 24.5 Å². The van der Waals surface area contributed by atoms with E-state index in [1.807, 2.05) is 0 Å². The lowest BCUT2D eigenvalue weighted by molar-refractivity contribution is -0.155. The molecule has 2 aromatic rings. The van der Waals surface area contributed by atoms with E-state index in [-0.39, 0.29) is 18.4 Å². The van der Waals surface area contributed by atoms with Gasteiger partial charge in [-0.3, -0.25) is 25.6 Å². The number of hydroxylamine groups is 2. The number of nitrogens with zero attached hydrogens (tertiary/aromatic N) is 4. The molecule has 10 heteroatoms. The number of hydrogen-bond acceptors (Lipinski definition) is 8. The number of methoxy groups -OCH3 is 1. The predicted octanol–water partition coefficient (Wildman–Crippen LogP) is 1.91. The summed E-state index contributed by atoms with van der Waals surface area (Å²) in [5.41, 5.74) is 6.41. The second kappa shape index (κ2) is 9.97. The Kier molecular flexibility index (Phi) is 7.12. The van der Waals surface area contributed by atoms with Gasteiger partial charge in [0.05, 0.1) is 25.1 Å². The maximum Gasteiger partial charge on any atom is 0.262 e. The van der Waals surface area contributed by atoms with Crippen LogP contribution in [0.4, 0.5) is 5.95 Å². The highest BCUT2D eigenvalue weighted by molar-refractivity contribution is 5.80. The fourth-order valence-electron chi connectivity index (χ4n) is 3.67. The fraction of sp³-hybridized carbons (Fsp3) is 0.526. The predicted molar refractivity (Wildman–Crippen MR) is 105 cm³/mol. The number of rotatable bonds is 9. The van der Waals surface area contributed by atoms with Gasteiger partial charge in [-0.2, -0.15) is 0 Å². The lowest BCUT2D eigenvalue weighted by Gasteiger charge is -2.27. The molecular weight excluding hydrogens is 376 g/mol. The number of fused-ring (bicyclic) bond motifs is 1. The number of amides is 2. The van der Waals surface area contributed by atoms with E-state index in [1.54, 1.807) is 25.3 Å². The summed E-state index contributed by atoms with van der Waals surface area (Å²) in [6.45, 7) is -0.0653. The largest absolute Gasteiger partial charge is 0.497 e. The van der Waals surface area contributed by atoms with E-state index in [4.69, 9.17) is 4.74 Å². The highest BCUT2D eigenvalue weighted by Crippen LogP contribution is 2.29. The molecular formula is C19H26N6O4. The van der Waals surface area contributed by atoms with Crippen LogP contribution in [0.5, 0.6) is 5.75 Å². The number of nitrogens with one attached hydrogen (secondary N) is 2. The molecule has 0 radical (unpaired) electrons. The van der Waals surface area contributed by atoms with E-state index in [0.29, 0.717) is 40.6 Å². The van der Waals surface area contributed by atoms with Crippen LogP contribution in [-0.2, 0) is 9.59 Å². The molecule has 0 bridgehead atoms. The first-order valence-electron chi connectivity index (χ1n) is 9.74. The summed E-state index contributed by atoms with van der Waals surface area (Å²) >= 11 is 0. The van der Waals surface area contributed by atoms with E-state index in [9.17, 15) is 14.8 Å². The molecule has 1 aromatic carbocycles. The van der Waals surface area contributed by atoms with Crippen LogP contribution in [0.3, 0.4) is 0 Å². The number of carbonyl (C=O) groups excluding carboxylic acids is 2. The minimum absolute atomic E-state index is 0.0653. The molecule has 1 unspecified atom stereocenters. The third kappa shape index (κ3) is 5.74. The van der Waals surface area contributed by atoms with Crippen molar-refractivity contribution in [3.63, 3.8) is 0 Å². The molecule has 0 aliphatic heterocycles. The molecule has 1 fully saturated rings. The van der Waals surface area contributed by atoms with E-state index >= 15 is 0 Å². The first kappa shape index (κ1) is 20.7. The number of aromatic nitrogens is 3. The van der Waals surface area contributed by atoms with Crippen LogP contribution in [0.25, 0.3) is 11.0 Å². The van der Waals surface area contributed by atoms with Crippen molar-refractivity contribution in [3.8, 4) is 5.75 Å². The van der Waals surface area contributed by atoms with Gasteiger partial charge in [0.25, 0.3) is 5.95 Å². The molecule has 2 amide bonds. The van der Waals surface area contributed by atoms with Crippen LogP contribution in [0, 0.1) is 11.8 Å². The highest BCUT2D eigenvalue weighted by Gasteiger charge is 2.26. The number of hydrazine groups is 1. The Bertz CT molecular complexity index is 843. The molecule has 1 aromatic heterocycles. The Hall–Kier alpha value is -3.01. The third-order valence-corrected chi connectivity index (χ3v) is 5.20. The minimum atomic E-state index is -0.543. The Morgan fingerprint density at radius 3 is 2.83 bits per heavy atom. The van der Waals surface area contributed by atoms with Crippen LogP contribution in [0.15, 0.2) is 18.2 Å². The average Bonchev–Trinajstić information content (AvgIpc) is 2.77. The van der Waals surface area contributed by atoms with Gasteiger partial charge in [0.15, 0.2) is 0 Å². The Balaban J connectivity index is 1.63. The van der Waals surface area contributed by atoms with Crippen LogP contribution in [0.2, 0.25) is 0 Å². The van der Waals surface area contributed by atoms with Crippen molar-refractivity contribution >= 4 is 29.3 Å². The number of benzene rings is 1. The van der Waals surface area contributed by atoms with E-state index < -0.39 is 5.92 Å². The molecule has 3 rings (SSSR count). The summed E-state index contributed by atoms with van der Waals surface area (Å²) in [4.78, 5) is 27.8. The molecule has 3 N–H and O–H groups in total. The first-order chi connectivity index (χ1) is 14.1. The molecule has 1 aliphatic carbocycles. The van der Waals surface area contributed by atoms with Crippen molar-refractivity contribution in [3.05, 3.63) is 18.2 Å². The maximum absolute atomic E-state index is 12.7. The summed E-state index contributed by atoms with van der Waals surface area (Å²) in [6.07, 6.45) is 6.54. The monoisotopic (exact) mass is 402 g/mol. The van der Waals surface area contributed by atoms with Gasteiger partial charge >= 0.3 is 0 Å². The van der Waals surface area contributed by atoms with Gasteiger partial charge in [-0.1, -0.05) is 32.1 Å². The van der Waals surface area contributed by atoms with Crippen molar-refractivity contribution in [2.24, 2.45) is 11.8 Å². The SMILES string of the molecule is COc1ccc2nc(NNC(=O)C(CC3CCCCC3)CN(O)C=O)nnc2c1. The summed E-state index contributed by atoms with van der Waals surface area (Å²) < 4.78 is 5.14. The normalized spacial score (nSPS) is 15.5. The zero-order chi connectivity index (χ0) is 20.6. The van der Waals surface area contributed by atoms with Gasteiger partial charge in [0.2, 0.25) is 12.3 Å². The minimum Gasteiger partial charge on any atom is -0.497 e. The summed E-state index contributed by atoms with van der Waals surface area (Å²) in [5.74, 6) is 0.321. The Labute approximate surface area is 168 Å². The Morgan fingerprint density at radius 2 is 2.10 bits per heavy atom. The molecule has 10 nitrogen and oxygen atoms in total. The standard InChI is InChI=1S/C19H26N6O4/c1-29-15-7-8-16-17(10-15)21-23-19(20-16)24-22-18(27)14(11-25(28)12-26)9-13-5-3-2-4-6-13/h7-8,10,12-14,28H,2-6,9,11H2,1H3,(H,22,27)(H,20,23,24). The summed E-state index contributed by atoms with van der Waals surface area (Å²) in [6, 6.07) is 5.22. The Morgan fingerprint density at radius 1 is 1.31 bits per heavy atom. The van der Waals surface area contributed by atoms with Gasteiger partial charge in [0.1, 0.15) is 11.3 Å². The zero-order valence-electron chi connectivity index (χ0n) is 16.4. The molecule has 0 spiro atoms. The number of anilines is 1. The molecule has 1 aliphatic rings. The number of hydrogen-bond donors (Lipinski definition) is 3. The molecule has 0 saturated heterocycles. The van der Waals surface area contributed by atoms with Gasteiger partial charge in [-0.25, -0.2) is 10.0 Å². The van der Waals surface area contributed by atoms with Crippen molar-refractivity contribution in [1.82, 2.24) is 25.7 Å². The lowest BCUT2D eigenvalue weighted by Crippen LogP contribution is -2.41. The van der Waals surface area contributed by atoms with E-state index in [1.165, 1.54) is 6.42 Å².